The summed E-state index contributed by atoms with van der Waals surface area (Å²) in [7, 11) is 0. The van der Waals surface area contributed by atoms with Gasteiger partial charge in [0.25, 0.3) is 0 Å². The summed E-state index contributed by atoms with van der Waals surface area (Å²) in [5.74, 6) is 0. The zero-order valence-electron chi connectivity index (χ0n) is 7.09. The minimum absolute atomic E-state index is 0.224. The number of hydrogen-bond acceptors (Lipinski definition) is 2. The number of hydrogen-bond donors (Lipinski definition) is 2. The fraction of sp³-hybridized carbons (Fsp3) is 0.400. The quantitative estimate of drug-likeness (QED) is 0.708. The monoisotopic (exact) mass is 162 g/mol. The highest BCUT2D eigenvalue weighted by atomic mass is 15.0. The summed E-state index contributed by atoms with van der Waals surface area (Å²) in [5.41, 5.74) is 7.06. The third kappa shape index (κ3) is 1.43. The van der Waals surface area contributed by atoms with Gasteiger partial charge in [-0.3, -0.25) is 0 Å². The molecule has 2 rings (SSSR count). The van der Waals surface area contributed by atoms with E-state index >= 15 is 0 Å². The van der Waals surface area contributed by atoms with Crippen molar-refractivity contribution in [3.63, 3.8) is 0 Å². The summed E-state index contributed by atoms with van der Waals surface area (Å²) in [4.78, 5) is 0. The van der Waals surface area contributed by atoms with Gasteiger partial charge in [-0.1, -0.05) is 18.2 Å². The van der Waals surface area contributed by atoms with Crippen LogP contribution in [0.15, 0.2) is 30.3 Å². The molecule has 0 spiro atoms. The van der Waals surface area contributed by atoms with Crippen LogP contribution in [0.4, 0.5) is 5.69 Å². The second-order valence-electron chi connectivity index (χ2n) is 3.48. The maximum Gasteiger partial charge on any atom is 0.0497 e. The van der Waals surface area contributed by atoms with Gasteiger partial charge in [0.15, 0.2) is 0 Å². The van der Waals surface area contributed by atoms with Gasteiger partial charge in [-0.25, -0.2) is 0 Å². The second-order valence-corrected chi connectivity index (χ2v) is 3.48. The van der Waals surface area contributed by atoms with Crippen molar-refractivity contribution in [1.82, 2.24) is 0 Å². The highest BCUT2D eigenvalue weighted by Gasteiger charge is 2.40. The molecule has 0 bridgehead atoms. The molecule has 0 aliphatic heterocycles. The van der Waals surface area contributed by atoms with Gasteiger partial charge in [0.2, 0.25) is 0 Å². The van der Waals surface area contributed by atoms with Gasteiger partial charge in [0.1, 0.15) is 0 Å². The van der Waals surface area contributed by atoms with Crippen LogP contribution in [0, 0.1) is 0 Å². The molecule has 1 aliphatic rings. The minimum Gasteiger partial charge on any atom is -0.378 e. The van der Waals surface area contributed by atoms with Gasteiger partial charge in [-0.2, -0.15) is 0 Å². The summed E-state index contributed by atoms with van der Waals surface area (Å²) < 4.78 is 0. The maximum absolute atomic E-state index is 5.65. The van der Waals surface area contributed by atoms with Crippen LogP contribution in [-0.4, -0.2) is 12.1 Å². The lowest BCUT2D eigenvalue weighted by Gasteiger charge is -2.15. The van der Waals surface area contributed by atoms with E-state index in [4.69, 9.17) is 5.73 Å². The molecule has 2 nitrogen and oxygen atoms in total. The van der Waals surface area contributed by atoms with Gasteiger partial charge in [0, 0.05) is 17.8 Å². The van der Waals surface area contributed by atoms with Crippen molar-refractivity contribution in [2.24, 2.45) is 5.73 Å². The van der Waals surface area contributed by atoms with E-state index in [2.05, 4.69) is 17.4 Å². The highest BCUT2D eigenvalue weighted by molar-refractivity contribution is 5.47. The van der Waals surface area contributed by atoms with E-state index in [0.29, 0.717) is 0 Å². The molecule has 0 amide bonds. The molecule has 0 atom stereocenters. The summed E-state index contributed by atoms with van der Waals surface area (Å²) in [6.07, 6.45) is 2.41. The van der Waals surface area contributed by atoms with Crippen LogP contribution in [0.25, 0.3) is 0 Å². The Morgan fingerprint density at radius 2 is 1.92 bits per heavy atom. The van der Waals surface area contributed by atoms with Crippen LogP contribution in [0.2, 0.25) is 0 Å². The summed E-state index contributed by atoms with van der Waals surface area (Å²) in [6.45, 7) is 0.738. The SMILES string of the molecule is NCC1(Nc2ccccc2)CC1. The lowest BCUT2D eigenvalue weighted by Crippen LogP contribution is -2.30. The standard InChI is InChI=1S/C10H14N2/c11-8-10(6-7-10)12-9-4-2-1-3-5-9/h1-5,12H,6-8,11H2. The predicted octanol–water partition coefficient (Wildman–Crippen LogP) is 1.59. The molecule has 0 heterocycles. The second kappa shape index (κ2) is 2.79. The zero-order chi connectivity index (χ0) is 8.44. The Kier molecular flexibility index (Phi) is 1.77. The normalized spacial score (nSPS) is 18.8. The largest absolute Gasteiger partial charge is 0.378 e. The summed E-state index contributed by atoms with van der Waals surface area (Å²) in [5, 5.41) is 3.45. The molecule has 1 aliphatic carbocycles. The topological polar surface area (TPSA) is 38.0 Å². The van der Waals surface area contributed by atoms with E-state index in [1.807, 2.05) is 18.2 Å². The van der Waals surface area contributed by atoms with Crippen molar-refractivity contribution < 1.29 is 0 Å². The molecule has 0 radical (unpaired) electrons. The number of nitrogens with two attached hydrogens (primary N) is 1. The van der Waals surface area contributed by atoms with Crippen molar-refractivity contribution in [3.05, 3.63) is 30.3 Å². The average molecular weight is 162 g/mol. The Morgan fingerprint density at radius 1 is 1.25 bits per heavy atom. The molecule has 0 saturated heterocycles. The third-order valence-corrected chi connectivity index (χ3v) is 2.43. The van der Waals surface area contributed by atoms with E-state index in [-0.39, 0.29) is 5.54 Å². The molecular weight excluding hydrogens is 148 g/mol. The maximum atomic E-state index is 5.65. The van der Waals surface area contributed by atoms with Gasteiger partial charge in [0.05, 0.1) is 0 Å². The Balaban J connectivity index is 2.04. The number of anilines is 1. The van der Waals surface area contributed by atoms with Crippen LogP contribution in [-0.2, 0) is 0 Å². The third-order valence-electron chi connectivity index (χ3n) is 2.43. The first-order valence-electron chi connectivity index (χ1n) is 4.38. The van der Waals surface area contributed by atoms with E-state index in [1.54, 1.807) is 0 Å². The van der Waals surface area contributed by atoms with Gasteiger partial charge in [-0.05, 0) is 25.0 Å². The first kappa shape index (κ1) is 7.62. The molecule has 64 valence electrons. The van der Waals surface area contributed by atoms with E-state index in [1.165, 1.54) is 18.5 Å². The van der Waals surface area contributed by atoms with E-state index < -0.39 is 0 Å². The summed E-state index contributed by atoms with van der Waals surface area (Å²) in [6, 6.07) is 10.3. The van der Waals surface area contributed by atoms with Crippen molar-refractivity contribution >= 4 is 5.69 Å². The molecule has 0 aromatic heterocycles. The number of para-hydroxylation sites is 1. The molecular formula is C10H14N2. The molecule has 1 aromatic rings. The lowest BCUT2D eigenvalue weighted by atomic mass is 10.2. The Bertz CT molecular complexity index is 252. The van der Waals surface area contributed by atoms with E-state index in [9.17, 15) is 0 Å². The Hall–Kier alpha value is -1.02. The molecule has 3 N–H and O–H groups in total. The molecule has 12 heavy (non-hydrogen) atoms. The fourth-order valence-corrected chi connectivity index (χ4v) is 1.36. The van der Waals surface area contributed by atoms with Crippen LogP contribution in [0.5, 0.6) is 0 Å². The van der Waals surface area contributed by atoms with Gasteiger partial charge in [-0.15, -0.1) is 0 Å². The molecule has 2 heteroatoms. The number of benzene rings is 1. The Morgan fingerprint density at radius 3 is 2.42 bits per heavy atom. The van der Waals surface area contributed by atoms with Crippen molar-refractivity contribution in [3.8, 4) is 0 Å². The van der Waals surface area contributed by atoms with Crippen LogP contribution in [0.3, 0.4) is 0 Å². The smallest absolute Gasteiger partial charge is 0.0497 e. The molecule has 1 saturated carbocycles. The van der Waals surface area contributed by atoms with Crippen LogP contribution < -0.4 is 11.1 Å². The molecule has 1 aromatic carbocycles. The van der Waals surface area contributed by atoms with Crippen LogP contribution in [0.1, 0.15) is 12.8 Å². The first-order valence-corrected chi connectivity index (χ1v) is 4.38. The minimum atomic E-state index is 0.224. The zero-order valence-corrected chi connectivity index (χ0v) is 7.09. The lowest BCUT2D eigenvalue weighted by molar-refractivity contribution is 0.742. The van der Waals surface area contributed by atoms with Crippen molar-refractivity contribution in [2.45, 2.75) is 18.4 Å². The number of rotatable bonds is 3. The summed E-state index contributed by atoms with van der Waals surface area (Å²) >= 11 is 0. The predicted molar refractivity (Wildman–Crippen MR) is 51.1 cm³/mol. The average Bonchev–Trinajstić information content (AvgIpc) is 2.88. The van der Waals surface area contributed by atoms with Crippen molar-refractivity contribution in [2.75, 3.05) is 11.9 Å². The fourth-order valence-electron chi connectivity index (χ4n) is 1.36. The highest BCUT2D eigenvalue weighted by Crippen LogP contribution is 2.37. The number of nitrogens with one attached hydrogen (secondary N) is 1. The molecule has 1 fully saturated rings. The Labute approximate surface area is 72.8 Å². The van der Waals surface area contributed by atoms with E-state index in [0.717, 1.165) is 6.54 Å². The van der Waals surface area contributed by atoms with Gasteiger partial charge >= 0.3 is 0 Å². The first-order chi connectivity index (χ1) is 5.85. The van der Waals surface area contributed by atoms with Crippen LogP contribution >= 0.6 is 0 Å². The molecule has 0 unspecified atom stereocenters. The van der Waals surface area contributed by atoms with Gasteiger partial charge < -0.3 is 11.1 Å². The van der Waals surface area contributed by atoms with Crippen molar-refractivity contribution in [1.29, 1.82) is 0 Å².